The van der Waals surface area contributed by atoms with Crippen LogP contribution in [0.15, 0.2) is 102 Å². The Labute approximate surface area is 247 Å². The van der Waals surface area contributed by atoms with Crippen molar-refractivity contribution in [2.45, 2.75) is 44.0 Å². The van der Waals surface area contributed by atoms with E-state index in [4.69, 9.17) is 11.6 Å². The van der Waals surface area contributed by atoms with Crippen molar-refractivity contribution in [3.05, 3.63) is 113 Å². The highest BCUT2D eigenvalue weighted by atomic mass is 35.5. The van der Waals surface area contributed by atoms with E-state index in [1.54, 1.807) is 16.3 Å². The first kappa shape index (κ1) is 29.2. The number of thiophene rings is 1. The van der Waals surface area contributed by atoms with Crippen molar-refractivity contribution < 1.29 is 0 Å². The van der Waals surface area contributed by atoms with Gasteiger partial charge in [-0.15, -0.1) is 24.0 Å². The summed E-state index contributed by atoms with van der Waals surface area (Å²) in [4.78, 5) is 5.69. The normalized spacial score (nSPS) is 15.2. The zero-order valence-corrected chi connectivity index (χ0v) is 25.2. The Morgan fingerprint density at radius 3 is 2.56 bits per heavy atom. The van der Waals surface area contributed by atoms with Crippen LogP contribution in [0.3, 0.4) is 0 Å². The molecule has 1 fully saturated rings. The van der Waals surface area contributed by atoms with Crippen LogP contribution in [0.25, 0.3) is 16.1 Å². The molecule has 0 amide bonds. The maximum atomic E-state index is 6.27. The molecule has 6 heteroatoms. The second kappa shape index (κ2) is 14.0. The number of benzene rings is 3. The van der Waals surface area contributed by atoms with Crippen molar-refractivity contribution in [1.82, 2.24) is 4.90 Å². The van der Waals surface area contributed by atoms with Crippen LogP contribution >= 0.6 is 35.6 Å². The summed E-state index contributed by atoms with van der Waals surface area (Å²) in [6, 6.07) is 29.3. The average Bonchev–Trinajstić information content (AvgIpc) is 3.45. The Morgan fingerprint density at radius 1 is 1.05 bits per heavy atom. The Bertz CT molecular complexity index is 1410. The molecule has 202 valence electrons. The number of thiol groups is 1. The topological polar surface area (TPSA) is 18.8 Å². The summed E-state index contributed by atoms with van der Waals surface area (Å²) in [6.07, 6.45) is 4.09. The number of anilines is 1. The molecule has 2 heterocycles. The molecule has 1 saturated heterocycles. The van der Waals surface area contributed by atoms with Crippen LogP contribution in [-0.4, -0.2) is 24.7 Å². The molecule has 1 aliphatic heterocycles. The fraction of sp³-hybridized carbons (Fsp3) is 0.242. The number of likely N-dealkylation sites (tertiary alicyclic amines) is 1. The van der Waals surface area contributed by atoms with Gasteiger partial charge in [0.1, 0.15) is 0 Å². The summed E-state index contributed by atoms with van der Waals surface area (Å²) in [7, 11) is 0. The second-order valence-corrected chi connectivity index (χ2v) is 11.6. The monoisotopic (exact) mass is 573 g/mol. The maximum Gasteiger partial charge on any atom is 0.0838 e. The van der Waals surface area contributed by atoms with Crippen LogP contribution in [0.4, 0.5) is 5.69 Å². The van der Waals surface area contributed by atoms with Crippen LogP contribution in [0.5, 0.6) is 0 Å². The highest BCUT2D eigenvalue weighted by molar-refractivity contribution is 7.80. The van der Waals surface area contributed by atoms with E-state index in [1.807, 2.05) is 48.5 Å². The Morgan fingerprint density at radius 2 is 1.85 bits per heavy atom. The van der Waals surface area contributed by atoms with Crippen molar-refractivity contribution in [3.63, 3.8) is 0 Å². The molecule has 4 aromatic rings. The van der Waals surface area contributed by atoms with Gasteiger partial charge in [-0.05, 0) is 80.4 Å². The number of hydrogen-bond donors (Lipinski definition) is 1. The molecule has 3 aromatic carbocycles. The molecule has 0 saturated carbocycles. The molecule has 0 bridgehead atoms. The van der Waals surface area contributed by atoms with E-state index >= 15 is 0 Å². The molecule has 39 heavy (non-hydrogen) atoms. The van der Waals surface area contributed by atoms with Gasteiger partial charge in [0.2, 0.25) is 0 Å². The number of piperidine rings is 1. The van der Waals surface area contributed by atoms with Crippen LogP contribution in [0.2, 0.25) is 5.02 Å². The van der Waals surface area contributed by atoms with E-state index in [1.165, 1.54) is 43.5 Å². The third kappa shape index (κ3) is 7.43. The first-order valence-corrected chi connectivity index (χ1v) is 15.0. The Hall–Kier alpha value is -2.83. The number of rotatable bonds is 7. The standard InChI is InChI=1S/C19H15ClN2S2.C14H21N/c1-13(22(21-2)17-9-4-3-8-16(17)20)18-10-11-19(24-18)14-6-5-7-15(23)12-14;1-3-15-10-5-4-9-14(15)13-8-6-7-12(2)11-13/h3-12,23H,1-2H2;6-8,11,14H,3-5,9-10H2,1-2H3. The van der Waals surface area contributed by atoms with Gasteiger partial charge in [-0.3, -0.25) is 4.90 Å². The number of hydrogen-bond acceptors (Lipinski definition) is 5. The molecule has 3 nitrogen and oxygen atoms in total. The van der Waals surface area contributed by atoms with Crippen LogP contribution in [0, 0.1) is 6.92 Å². The summed E-state index contributed by atoms with van der Waals surface area (Å²) in [5, 5.41) is 6.35. The third-order valence-electron chi connectivity index (χ3n) is 6.95. The number of halogens is 1. The first-order valence-electron chi connectivity index (χ1n) is 13.3. The number of aryl methyl sites for hydroxylation is 1. The van der Waals surface area contributed by atoms with Crippen LogP contribution in [-0.2, 0) is 0 Å². The molecule has 1 unspecified atom stereocenters. The maximum absolute atomic E-state index is 6.27. The van der Waals surface area contributed by atoms with Crippen molar-refractivity contribution >= 4 is 53.7 Å². The minimum absolute atomic E-state index is 0.602. The quantitative estimate of drug-likeness (QED) is 0.135. The van der Waals surface area contributed by atoms with Crippen LogP contribution in [0.1, 0.15) is 48.2 Å². The van der Waals surface area contributed by atoms with Crippen molar-refractivity contribution in [1.29, 1.82) is 0 Å². The van der Waals surface area contributed by atoms with E-state index in [-0.39, 0.29) is 0 Å². The Balaban J connectivity index is 0.000000202. The van der Waals surface area contributed by atoms with Gasteiger partial charge in [0, 0.05) is 22.5 Å². The molecule has 1 aliphatic rings. The number of para-hydroxylation sites is 1. The summed E-state index contributed by atoms with van der Waals surface area (Å²) in [5.41, 5.74) is 5.51. The molecule has 1 atom stereocenters. The molecule has 0 radical (unpaired) electrons. The Kier molecular flexibility index (Phi) is 10.5. The summed E-state index contributed by atoms with van der Waals surface area (Å²) in [6.45, 7) is 14.7. The first-order chi connectivity index (χ1) is 18.9. The predicted molar refractivity (Wildman–Crippen MR) is 175 cm³/mol. The lowest BCUT2D eigenvalue weighted by molar-refractivity contribution is 0.157. The van der Waals surface area contributed by atoms with Gasteiger partial charge in [0.05, 0.1) is 21.3 Å². The molecule has 1 aromatic heterocycles. The largest absolute Gasteiger partial charge is 0.297 e. The zero-order valence-electron chi connectivity index (χ0n) is 22.7. The predicted octanol–water partition coefficient (Wildman–Crippen LogP) is 9.99. The lowest BCUT2D eigenvalue weighted by Gasteiger charge is -2.35. The highest BCUT2D eigenvalue weighted by Gasteiger charge is 2.22. The molecule has 0 N–H and O–H groups in total. The average molecular weight is 574 g/mol. The van der Waals surface area contributed by atoms with E-state index in [9.17, 15) is 0 Å². The fourth-order valence-electron chi connectivity index (χ4n) is 4.97. The van der Waals surface area contributed by atoms with Crippen molar-refractivity contribution in [3.8, 4) is 10.4 Å². The molecule has 5 rings (SSSR count). The molecular formula is C33H36ClN3S2. The van der Waals surface area contributed by atoms with Gasteiger partial charge >= 0.3 is 0 Å². The SMILES string of the molecule is C=NN(C(=C)c1ccc(-c2cccc(S)c2)s1)c1ccccc1Cl.CCN1CCCCC1c1cccc(C)c1. The lowest BCUT2D eigenvalue weighted by Crippen LogP contribution is -2.33. The number of hydrazone groups is 1. The lowest BCUT2D eigenvalue weighted by atomic mass is 9.94. The molecule has 0 aliphatic carbocycles. The van der Waals surface area contributed by atoms with E-state index < -0.39 is 0 Å². The van der Waals surface area contributed by atoms with E-state index in [2.05, 4.69) is 86.2 Å². The molecular weight excluding hydrogens is 538 g/mol. The van der Waals surface area contributed by atoms with Crippen molar-refractivity contribution in [2.24, 2.45) is 5.10 Å². The second-order valence-electron chi connectivity index (χ2n) is 9.62. The van der Waals surface area contributed by atoms with Gasteiger partial charge < -0.3 is 0 Å². The number of nitrogens with zero attached hydrogens (tertiary/aromatic N) is 3. The van der Waals surface area contributed by atoms with Gasteiger partial charge in [0.15, 0.2) is 0 Å². The van der Waals surface area contributed by atoms with E-state index in [0.29, 0.717) is 11.1 Å². The minimum atomic E-state index is 0.602. The van der Waals surface area contributed by atoms with Gasteiger partial charge in [-0.2, -0.15) is 5.10 Å². The molecule has 0 spiro atoms. The summed E-state index contributed by atoms with van der Waals surface area (Å²) in [5.74, 6) is 0. The summed E-state index contributed by atoms with van der Waals surface area (Å²) < 4.78 is 0. The third-order valence-corrected chi connectivity index (χ3v) is 8.73. The summed E-state index contributed by atoms with van der Waals surface area (Å²) >= 11 is 12.3. The van der Waals surface area contributed by atoms with Crippen LogP contribution < -0.4 is 5.01 Å². The van der Waals surface area contributed by atoms with Gasteiger partial charge in [-0.1, -0.05) is 85.6 Å². The van der Waals surface area contributed by atoms with Gasteiger partial charge in [-0.25, -0.2) is 5.01 Å². The van der Waals surface area contributed by atoms with Gasteiger partial charge in [0.25, 0.3) is 0 Å². The van der Waals surface area contributed by atoms with E-state index in [0.717, 1.165) is 31.6 Å². The van der Waals surface area contributed by atoms with Crippen molar-refractivity contribution in [2.75, 3.05) is 18.1 Å². The smallest absolute Gasteiger partial charge is 0.0838 e. The highest BCUT2D eigenvalue weighted by Crippen LogP contribution is 2.37. The fourth-order valence-corrected chi connectivity index (χ4v) is 6.37. The minimum Gasteiger partial charge on any atom is -0.297 e. The zero-order chi connectivity index (χ0) is 27.8.